The molecule has 2 heterocycles. The summed E-state index contributed by atoms with van der Waals surface area (Å²) in [4.78, 5) is 24.6. The zero-order valence-corrected chi connectivity index (χ0v) is 11.8. The van der Waals surface area contributed by atoms with Crippen LogP contribution in [-0.2, 0) is 6.54 Å². The second kappa shape index (κ2) is 5.87. The van der Waals surface area contributed by atoms with Crippen molar-refractivity contribution < 1.29 is 4.79 Å². The number of hydrogen-bond acceptors (Lipinski definition) is 5. The van der Waals surface area contributed by atoms with E-state index in [0.29, 0.717) is 24.2 Å². The van der Waals surface area contributed by atoms with Crippen molar-refractivity contribution >= 4 is 11.9 Å². The monoisotopic (exact) mass is 283 g/mol. The molecule has 2 N–H and O–H groups in total. The number of aromatic nitrogens is 3. The normalized spacial score (nSPS) is 13.8. The van der Waals surface area contributed by atoms with Gasteiger partial charge in [0.25, 0.3) is 5.91 Å². The van der Waals surface area contributed by atoms with Gasteiger partial charge in [0.05, 0.1) is 0 Å². The highest BCUT2D eigenvalue weighted by Crippen LogP contribution is 2.19. The van der Waals surface area contributed by atoms with E-state index in [2.05, 4.69) is 25.6 Å². The molecule has 3 rings (SSSR count). The summed E-state index contributed by atoms with van der Waals surface area (Å²) in [5.74, 6) is 0.336. The van der Waals surface area contributed by atoms with Crippen LogP contribution in [0.5, 0.6) is 0 Å². The van der Waals surface area contributed by atoms with Gasteiger partial charge >= 0.3 is 0 Å². The number of nitrogens with zero attached hydrogens (tertiary/aromatic N) is 3. The summed E-state index contributed by atoms with van der Waals surface area (Å²) in [6, 6.07) is 5.86. The van der Waals surface area contributed by atoms with Crippen LogP contribution in [0.2, 0.25) is 0 Å². The third kappa shape index (κ3) is 3.75. The SMILES string of the molecule is Cc1cc(C(=O)NC2CC2)nc(NCc2ccncc2)n1. The first-order valence-corrected chi connectivity index (χ1v) is 7.00. The fraction of sp³-hybridized carbons (Fsp3) is 0.333. The topological polar surface area (TPSA) is 79.8 Å². The van der Waals surface area contributed by atoms with Crippen molar-refractivity contribution in [2.45, 2.75) is 32.4 Å². The first-order chi connectivity index (χ1) is 10.2. The lowest BCUT2D eigenvalue weighted by atomic mass is 10.3. The van der Waals surface area contributed by atoms with E-state index in [0.717, 1.165) is 24.1 Å². The molecule has 0 bridgehead atoms. The Hall–Kier alpha value is -2.50. The maximum atomic E-state index is 12.0. The third-order valence-electron chi connectivity index (χ3n) is 3.20. The molecule has 2 aromatic heterocycles. The van der Waals surface area contributed by atoms with Gasteiger partial charge in [-0.05, 0) is 43.5 Å². The van der Waals surface area contributed by atoms with Crippen LogP contribution in [0.3, 0.4) is 0 Å². The van der Waals surface area contributed by atoms with Gasteiger partial charge in [-0.2, -0.15) is 0 Å². The lowest BCUT2D eigenvalue weighted by Crippen LogP contribution is -2.26. The van der Waals surface area contributed by atoms with Gasteiger partial charge < -0.3 is 10.6 Å². The molecule has 0 saturated heterocycles. The minimum atomic E-state index is -0.130. The number of aryl methyl sites for hydroxylation is 1. The van der Waals surface area contributed by atoms with Crippen LogP contribution in [0.15, 0.2) is 30.6 Å². The largest absolute Gasteiger partial charge is 0.350 e. The summed E-state index contributed by atoms with van der Waals surface area (Å²) in [6.07, 6.45) is 5.59. The van der Waals surface area contributed by atoms with Gasteiger partial charge in [0.15, 0.2) is 0 Å². The van der Waals surface area contributed by atoms with E-state index in [1.165, 1.54) is 0 Å². The second-order valence-electron chi connectivity index (χ2n) is 5.17. The molecule has 21 heavy (non-hydrogen) atoms. The van der Waals surface area contributed by atoms with Crippen molar-refractivity contribution in [3.63, 3.8) is 0 Å². The molecule has 6 heteroatoms. The Labute approximate surface area is 123 Å². The van der Waals surface area contributed by atoms with E-state index >= 15 is 0 Å². The number of amides is 1. The molecule has 1 amide bonds. The van der Waals surface area contributed by atoms with Crippen molar-refractivity contribution in [2.75, 3.05) is 5.32 Å². The van der Waals surface area contributed by atoms with Gasteiger partial charge in [-0.15, -0.1) is 0 Å². The standard InChI is InChI=1S/C15H17N5O/c1-10-8-13(14(21)19-12-2-3-12)20-15(18-10)17-9-11-4-6-16-7-5-11/h4-8,12H,2-3,9H2,1H3,(H,19,21)(H,17,18,20). The molecule has 2 aromatic rings. The molecule has 6 nitrogen and oxygen atoms in total. The molecule has 0 unspecified atom stereocenters. The van der Waals surface area contributed by atoms with E-state index in [-0.39, 0.29) is 5.91 Å². The fourth-order valence-electron chi connectivity index (χ4n) is 1.93. The first kappa shape index (κ1) is 13.5. The van der Waals surface area contributed by atoms with Gasteiger partial charge in [-0.3, -0.25) is 9.78 Å². The minimum Gasteiger partial charge on any atom is -0.350 e. The van der Waals surface area contributed by atoms with Crippen LogP contribution >= 0.6 is 0 Å². The maximum absolute atomic E-state index is 12.0. The highest BCUT2D eigenvalue weighted by Gasteiger charge is 2.24. The maximum Gasteiger partial charge on any atom is 0.270 e. The molecular formula is C15H17N5O. The fourth-order valence-corrected chi connectivity index (χ4v) is 1.93. The van der Waals surface area contributed by atoms with Gasteiger partial charge in [-0.25, -0.2) is 9.97 Å². The molecule has 0 radical (unpaired) electrons. The predicted molar refractivity (Wildman–Crippen MR) is 78.8 cm³/mol. The molecule has 1 saturated carbocycles. The molecule has 0 aromatic carbocycles. The van der Waals surface area contributed by atoms with Crippen LogP contribution in [0.4, 0.5) is 5.95 Å². The Bertz CT molecular complexity index is 640. The lowest BCUT2D eigenvalue weighted by molar-refractivity contribution is 0.0946. The average molecular weight is 283 g/mol. The summed E-state index contributed by atoms with van der Waals surface area (Å²) in [7, 11) is 0. The highest BCUT2D eigenvalue weighted by atomic mass is 16.2. The van der Waals surface area contributed by atoms with E-state index in [4.69, 9.17) is 0 Å². The van der Waals surface area contributed by atoms with Crippen LogP contribution in [-0.4, -0.2) is 26.9 Å². The Balaban J connectivity index is 1.69. The molecule has 0 atom stereocenters. The summed E-state index contributed by atoms with van der Waals surface area (Å²) in [6.45, 7) is 2.45. The number of anilines is 1. The average Bonchev–Trinajstić information content (AvgIpc) is 3.29. The summed E-state index contributed by atoms with van der Waals surface area (Å²) in [5, 5.41) is 6.07. The number of pyridine rings is 1. The Morgan fingerprint density at radius 2 is 2.05 bits per heavy atom. The van der Waals surface area contributed by atoms with Gasteiger partial charge in [-0.1, -0.05) is 0 Å². The van der Waals surface area contributed by atoms with Crippen molar-refractivity contribution in [1.82, 2.24) is 20.3 Å². The van der Waals surface area contributed by atoms with Gasteiger partial charge in [0.1, 0.15) is 5.69 Å². The predicted octanol–water partition coefficient (Wildman–Crippen LogP) is 1.68. The van der Waals surface area contributed by atoms with Crippen molar-refractivity contribution in [3.8, 4) is 0 Å². The van der Waals surface area contributed by atoms with Crippen molar-refractivity contribution in [3.05, 3.63) is 47.5 Å². The van der Waals surface area contributed by atoms with Crippen molar-refractivity contribution in [1.29, 1.82) is 0 Å². The summed E-state index contributed by atoms with van der Waals surface area (Å²) in [5.41, 5.74) is 2.26. The van der Waals surface area contributed by atoms with Crippen LogP contribution in [0.1, 0.15) is 34.6 Å². The molecule has 0 aliphatic heterocycles. The van der Waals surface area contributed by atoms with E-state index < -0.39 is 0 Å². The van der Waals surface area contributed by atoms with Gasteiger partial charge in [0, 0.05) is 30.7 Å². The molecule has 1 fully saturated rings. The number of hydrogen-bond donors (Lipinski definition) is 2. The minimum absolute atomic E-state index is 0.130. The number of rotatable bonds is 5. The second-order valence-corrected chi connectivity index (χ2v) is 5.17. The van der Waals surface area contributed by atoms with E-state index in [9.17, 15) is 4.79 Å². The first-order valence-electron chi connectivity index (χ1n) is 7.00. The molecule has 1 aliphatic rings. The third-order valence-corrected chi connectivity index (χ3v) is 3.20. The summed E-state index contributed by atoms with van der Waals surface area (Å²) >= 11 is 0. The number of carbonyl (C=O) groups excluding carboxylic acids is 1. The zero-order chi connectivity index (χ0) is 14.7. The Kier molecular flexibility index (Phi) is 3.77. The summed E-state index contributed by atoms with van der Waals surface area (Å²) < 4.78 is 0. The van der Waals surface area contributed by atoms with Crippen LogP contribution in [0.25, 0.3) is 0 Å². The number of nitrogens with one attached hydrogen (secondary N) is 2. The molecule has 108 valence electrons. The quantitative estimate of drug-likeness (QED) is 0.872. The Morgan fingerprint density at radius 3 is 2.76 bits per heavy atom. The smallest absolute Gasteiger partial charge is 0.270 e. The lowest BCUT2D eigenvalue weighted by Gasteiger charge is -2.08. The molecular weight excluding hydrogens is 266 g/mol. The number of carbonyl (C=O) groups is 1. The van der Waals surface area contributed by atoms with Crippen LogP contribution in [0, 0.1) is 6.92 Å². The van der Waals surface area contributed by atoms with Gasteiger partial charge in [0.2, 0.25) is 5.95 Å². The highest BCUT2D eigenvalue weighted by molar-refractivity contribution is 5.93. The molecule has 0 spiro atoms. The van der Waals surface area contributed by atoms with Crippen LogP contribution < -0.4 is 10.6 Å². The zero-order valence-electron chi connectivity index (χ0n) is 11.8. The Morgan fingerprint density at radius 1 is 1.29 bits per heavy atom. The van der Waals surface area contributed by atoms with E-state index in [1.807, 2.05) is 19.1 Å². The molecule has 1 aliphatic carbocycles. The van der Waals surface area contributed by atoms with E-state index in [1.54, 1.807) is 18.5 Å². The van der Waals surface area contributed by atoms with Crippen molar-refractivity contribution in [2.24, 2.45) is 0 Å².